The summed E-state index contributed by atoms with van der Waals surface area (Å²) in [5.41, 5.74) is 39.2. The van der Waals surface area contributed by atoms with Crippen molar-refractivity contribution in [2.75, 3.05) is 54.0 Å². The Labute approximate surface area is 820 Å². The fourth-order valence-electron chi connectivity index (χ4n) is 13.4. The molecule has 0 spiro atoms. The average molecular weight is 1970 g/mol. The van der Waals surface area contributed by atoms with Crippen molar-refractivity contribution in [2.45, 2.75) is 156 Å². The summed E-state index contributed by atoms with van der Waals surface area (Å²) in [7, 11) is 0. The predicted octanol–water partition coefficient (Wildman–Crippen LogP) is 13.3. The number of rotatable bonds is 30. The van der Waals surface area contributed by atoms with Crippen molar-refractivity contribution in [1.29, 1.82) is 0 Å². The lowest BCUT2D eigenvalue weighted by Crippen LogP contribution is -2.27. The molecule has 0 aliphatic heterocycles. The maximum absolute atomic E-state index is 13.2. The summed E-state index contributed by atoms with van der Waals surface area (Å²) in [5.74, 6) is -3.11. The monoisotopic (exact) mass is 1970 g/mol. The second-order valence-corrected chi connectivity index (χ2v) is 36.1. The van der Waals surface area contributed by atoms with Crippen molar-refractivity contribution in [2.24, 2.45) is 5.73 Å². The van der Waals surface area contributed by atoms with E-state index in [2.05, 4.69) is 41.7 Å². The van der Waals surface area contributed by atoms with Crippen molar-refractivity contribution < 1.29 is 91.4 Å². The quantitative estimate of drug-likeness (QED) is 0.0113. The van der Waals surface area contributed by atoms with E-state index in [0.717, 1.165) is 73.6 Å². The molecule has 4 heterocycles. The lowest BCUT2D eigenvalue weighted by molar-refractivity contribution is -0.157. The van der Waals surface area contributed by atoms with Gasteiger partial charge in [0.05, 0.1) is 75.1 Å². The molecule has 16 rings (SSSR count). The maximum Gasteiger partial charge on any atom is 0.344 e. The fraction of sp³-hybridized carbons (Fsp3) is 0.287. The highest BCUT2D eigenvalue weighted by atomic mass is 35.5. The molecule has 0 atom stereocenters. The van der Waals surface area contributed by atoms with Gasteiger partial charge in [-0.2, -0.15) is 20.4 Å². The Balaban J connectivity index is 0.000000172. The first kappa shape index (κ1) is 105. The molecule has 0 radical (unpaired) electrons. The van der Waals surface area contributed by atoms with Crippen LogP contribution in [0.4, 0.5) is 23.3 Å². The number of benzene rings is 8. The number of carboxylic acids is 1. The zero-order chi connectivity index (χ0) is 102. The third-order valence-corrected chi connectivity index (χ3v) is 21.3. The maximum atomic E-state index is 13.2. The third-order valence-electron chi connectivity index (χ3n) is 21.1. The molecular weight excluding hydrogens is 1860 g/mol. The van der Waals surface area contributed by atoms with Crippen LogP contribution in [0, 0.1) is 27.7 Å². The Morgan fingerprint density at radius 3 is 0.864 bits per heavy atom. The molecule has 36 nitrogen and oxygen atoms in total. The number of amides is 5. The number of hydrogen-bond donors (Lipinski definition) is 11. The van der Waals surface area contributed by atoms with Gasteiger partial charge in [0, 0.05) is 68.7 Å². The molecule has 0 unspecified atom stereocenters. The first-order valence-electron chi connectivity index (χ1n) is 44.3. The second-order valence-electron chi connectivity index (χ2n) is 35.0. The topological polar surface area (TPSA) is 541 Å². The number of ketones is 4. The van der Waals surface area contributed by atoms with E-state index in [1.807, 2.05) is 52.0 Å². The van der Waals surface area contributed by atoms with Gasteiger partial charge >= 0.3 is 17.9 Å². The van der Waals surface area contributed by atoms with Crippen LogP contribution in [0.2, 0.25) is 0 Å². The smallest absolute Gasteiger partial charge is 0.344 e. The van der Waals surface area contributed by atoms with E-state index in [-0.39, 0.29) is 164 Å². The minimum Gasteiger partial charge on any atom is -0.508 e. The van der Waals surface area contributed by atoms with E-state index in [1.165, 1.54) is 73.8 Å². The highest BCUT2D eigenvalue weighted by Gasteiger charge is 2.32. The lowest BCUT2D eigenvalue weighted by Gasteiger charge is -2.19. The molecule has 4 aliphatic rings. The van der Waals surface area contributed by atoms with Crippen LogP contribution in [-0.4, -0.2) is 186 Å². The van der Waals surface area contributed by atoms with Gasteiger partial charge in [-0.15, -0.1) is 34.8 Å². The zero-order valence-corrected chi connectivity index (χ0v) is 80.7. The van der Waals surface area contributed by atoms with Gasteiger partial charge in [0.1, 0.15) is 63.4 Å². The Kier molecular flexibility index (Phi) is 35.1. The van der Waals surface area contributed by atoms with E-state index in [1.54, 1.807) is 157 Å². The Morgan fingerprint density at radius 2 is 0.621 bits per heavy atom. The van der Waals surface area contributed by atoms with Gasteiger partial charge in [-0.25, -0.2) is 28.3 Å². The predicted molar refractivity (Wildman–Crippen MR) is 526 cm³/mol. The number of aryl methyl sites for hydroxylation is 4. The molecule has 5 amide bonds. The number of carbonyl (C=O) groups is 12. The standard InChI is InChI=1S/C27H30N4O5.C23H23N5O4.C23H22N4O5.C21H20N4O3.C6H11ClO2.CH2Cl2/c1-16-8-9-18(26(34)30-19-10-11-19)13-22(16)31-25(28)21(14-29-31)24(33)17-6-5-7-20(12-17)35-15-23(32)36-27(2,3)4;1-13-5-6-15(23(31)27-16-7-8-16)10-19(13)28-22(25)18(11-26-28)21(30)14-3-2-4-17(9-14)32-12-20(24)29;1-13-5-6-15(23(31)26-16-7-8-16)10-19(13)27-22(24)18(11-25-27)21(30)14-3-2-4-17(9-14)32-12-20(28)29;1-12-5-6-14(21(28)24-15-7-8-15)10-18(12)25-20(22)17(11-23-25)19(27)13-3-2-4-16(26)9-13;1-6(2,3)9-5(8)4-7;2-1-3/h5-9,12-14,19H,10-11,15,28H2,1-4H3,(H,30,34);2-6,9-11,16H,7-8,12,25H2,1H3,(H2,24,29)(H,27,31);2-6,9-11,16H,7-8,12,24H2,1H3,(H,26,31)(H,28,29);2-6,9-11,15,26H,7-8,22H2,1H3,(H,24,28);4H2,1-3H3;1H2. The van der Waals surface area contributed by atoms with Gasteiger partial charge in [0.15, 0.2) is 43.0 Å². The van der Waals surface area contributed by atoms with Crippen LogP contribution in [0.25, 0.3) is 22.7 Å². The van der Waals surface area contributed by atoms with E-state index >= 15 is 0 Å². The van der Waals surface area contributed by atoms with Crippen LogP contribution < -0.4 is 64.1 Å². The van der Waals surface area contributed by atoms with Gasteiger partial charge in [-0.1, -0.05) is 72.8 Å². The number of carboxylic acid groups (broad SMARTS) is 1. The number of esters is 2. The van der Waals surface area contributed by atoms with Crippen LogP contribution in [0.3, 0.4) is 0 Å². The minimum absolute atomic E-state index is 0.00188. The highest BCUT2D eigenvalue weighted by Crippen LogP contribution is 2.33. The van der Waals surface area contributed by atoms with Crippen molar-refractivity contribution in [3.63, 3.8) is 0 Å². The molecule has 4 fully saturated rings. The number of nitrogens with two attached hydrogens (primary N) is 5. The summed E-state index contributed by atoms with van der Waals surface area (Å²) >= 11 is 14.7. The van der Waals surface area contributed by atoms with E-state index in [0.29, 0.717) is 73.2 Å². The number of phenols is 1. The van der Waals surface area contributed by atoms with Gasteiger partial charge < -0.3 is 83.8 Å². The molecule has 140 heavy (non-hydrogen) atoms. The van der Waals surface area contributed by atoms with Gasteiger partial charge in [-0.05, 0) is 240 Å². The van der Waals surface area contributed by atoms with Crippen molar-refractivity contribution in [3.8, 4) is 45.7 Å². The molecule has 0 bridgehead atoms. The molecule has 16 N–H and O–H groups in total. The number of nitrogens with zero attached hydrogens (tertiary/aromatic N) is 8. The van der Waals surface area contributed by atoms with Gasteiger partial charge in [0.25, 0.3) is 29.5 Å². The molecule has 12 aromatic rings. The summed E-state index contributed by atoms with van der Waals surface area (Å²) in [5, 5.41) is 47.6. The van der Waals surface area contributed by atoms with Crippen molar-refractivity contribution in [3.05, 3.63) is 284 Å². The van der Waals surface area contributed by atoms with Crippen LogP contribution in [-0.2, 0) is 28.7 Å². The molecule has 39 heteroatoms. The fourth-order valence-corrected chi connectivity index (χ4v) is 13.5. The van der Waals surface area contributed by atoms with E-state index in [4.69, 9.17) is 92.3 Å². The van der Waals surface area contributed by atoms with E-state index < -0.39 is 35.7 Å². The zero-order valence-electron chi connectivity index (χ0n) is 78.4. The first-order valence-corrected chi connectivity index (χ1v) is 45.9. The number of alkyl halides is 3. The summed E-state index contributed by atoms with van der Waals surface area (Å²) in [6.07, 6.45) is 13.6. The number of aromatic nitrogens is 8. The van der Waals surface area contributed by atoms with Crippen LogP contribution in [0.1, 0.15) is 220 Å². The second kappa shape index (κ2) is 46.9. The van der Waals surface area contributed by atoms with Gasteiger partial charge in [-0.3, -0.25) is 47.9 Å². The van der Waals surface area contributed by atoms with Gasteiger partial charge in [0.2, 0.25) is 0 Å². The lowest BCUT2D eigenvalue weighted by atomic mass is 10.1. The third kappa shape index (κ3) is 29.4. The molecule has 732 valence electrons. The molecule has 4 aromatic heterocycles. The van der Waals surface area contributed by atoms with Crippen molar-refractivity contribution in [1.82, 2.24) is 60.4 Å². The van der Waals surface area contributed by atoms with E-state index in [9.17, 15) is 62.6 Å². The van der Waals surface area contributed by atoms with Crippen LogP contribution in [0.15, 0.2) is 195 Å². The number of nitrogens with one attached hydrogen (secondary N) is 4. The molecule has 8 aromatic carbocycles. The number of ether oxygens (including phenoxy) is 5. The number of aliphatic carboxylic acids is 1. The summed E-state index contributed by atoms with van der Waals surface area (Å²) in [6.45, 7) is 17.2. The Bertz CT molecular complexity index is 6460. The first-order chi connectivity index (χ1) is 66.5. The van der Waals surface area contributed by atoms with Crippen LogP contribution in [0.5, 0.6) is 23.0 Å². The summed E-state index contributed by atoms with van der Waals surface area (Å²) in [4.78, 5) is 146. The number of phenolic OH excluding ortho intramolecular Hbond substituents is 1. The average Bonchev–Trinajstić information content (AvgIpc) is 1.65. The number of primary amides is 1. The van der Waals surface area contributed by atoms with Crippen LogP contribution >= 0.6 is 34.8 Å². The normalized spacial score (nSPS) is 12.8. The SMILES string of the molecule is CC(C)(C)OC(=O)CCl.Cc1ccc(C(=O)NC2CC2)cc1-n1ncc(C(=O)c2cccc(O)c2)c1N.Cc1ccc(C(=O)NC2CC2)cc1-n1ncc(C(=O)c2cccc(OCC(=O)O)c2)c1N.Cc1ccc(C(=O)NC2CC2)cc1-n1ncc(C(=O)c2cccc(OCC(=O)OC(C)(C)C)c2)c1N.Cc1ccc(C(=O)NC2CC2)cc1-n1ncc(C(=O)c2cccc(OCC(N)=O)c2)c1N.ClCCl. The van der Waals surface area contributed by atoms with Crippen molar-refractivity contribution >= 4 is 129 Å². The number of aromatic hydroxyl groups is 1. The summed E-state index contributed by atoms with van der Waals surface area (Å²) < 4.78 is 31.8. The number of anilines is 4. The summed E-state index contributed by atoms with van der Waals surface area (Å²) in [6, 6.07) is 47.2. The Hall–Kier alpha value is -15.7. The molecule has 4 saturated carbocycles. The molecule has 4 aliphatic carbocycles. The molecular formula is C101H108Cl3N17O19. The number of nitrogen functional groups attached to an aromatic ring is 4. The number of hydrogen-bond acceptors (Lipinski definition) is 26. The number of carbonyl (C=O) groups excluding carboxylic acids is 11. The Morgan fingerprint density at radius 1 is 0.364 bits per heavy atom. The number of halogens is 3. The highest BCUT2D eigenvalue weighted by molar-refractivity contribution is 6.40. The largest absolute Gasteiger partial charge is 0.508 e. The minimum atomic E-state index is -1.12. The molecule has 0 saturated heterocycles.